The van der Waals surface area contributed by atoms with Gasteiger partial charge in [0.1, 0.15) is 5.82 Å². The van der Waals surface area contributed by atoms with E-state index in [1.54, 1.807) is 11.3 Å². The molecule has 1 aromatic heterocycles. The Labute approximate surface area is 114 Å². The molecule has 0 atom stereocenters. The maximum absolute atomic E-state index is 13.0. The number of hydrogen-bond donors (Lipinski definition) is 1. The van der Waals surface area contributed by atoms with Gasteiger partial charge in [-0.15, -0.1) is 11.3 Å². The van der Waals surface area contributed by atoms with E-state index < -0.39 is 11.8 Å². The Morgan fingerprint density at radius 2 is 2.21 bits per heavy atom. The summed E-state index contributed by atoms with van der Waals surface area (Å²) in [5, 5.41) is 11.0. The lowest BCUT2D eigenvalue weighted by Gasteiger charge is -2.07. The first-order valence-electron chi connectivity index (χ1n) is 5.78. The first kappa shape index (κ1) is 13.7. The highest BCUT2D eigenvalue weighted by Crippen LogP contribution is 2.14. The van der Waals surface area contributed by atoms with Crippen LogP contribution in [0.3, 0.4) is 0 Å². The van der Waals surface area contributed by atoms with Crippen LogP contribution < -0.4 is 0 Å². The third-order valence-electron chi connectivity index (χ3n) is 2.63. The number of hydrogen-bond acceptors (Lipinski definition) is 3. The van der Waals surface area contributed by atoms with Crippen molar-refractivity contribution < 1.29 is 19.0 Å². The molecule has 100 valence electrons. The van der Waals surface area contributed by atoms with Crippen molar-refractivity contribution in [2.75, 3.05) is 6.61 Å². The van der Waals surface area contributed by atoms with Crippen LogP contribution in [0.25, 0.3) is 0 Å². The van der Waals surface area contributed by atoms with E-state index in [9.17, 15) is 9.18 Å². The van der Waals surface area contributed by atoms with Gasteiger partial charge >= 0.3 is 5.97 Å². The molecule has 0 bridgehead atoms. The summed E-state index contributed by atoms with van der Waals surface area (Å²) in [6, 6.07) is 7.70. The molecule has 0 aliphatic heterocycles. The van der Waals surface area contributed by atoms with Crippen molar-refractivity contribution in [3.05, 3.63) is 57.5 Å². The van der Waals surface area contributed by atoms with Crippen molar-refractivity contribution in [1.82, 2.24) is 0 Å². The van der Waals surface area contributed by atoms with Gasteiger partial charge in [0.05, 0.1) is 18.8 Å². The van der Waals surface area contributed by atoms with Gasteiger partial charge in [0, 0.05) is 11.3 Å². The molecule has 0 saturated heterocycles. The fourth-order valence-corrected chi connectivity index (χ4v) is 2.37. The number of rotatable bonds is 6. The fraction of sp³-hybridized carbons (Fsp3) is 0.214. The van der Waals surface area contributed by atoms with Crippen LogP contribution in [0, 0.1) is 5.82 Å². The van der Waals surface area contributed by atoms with Gasteiger partial charge in [-0.05, 0) is 29.1 Å². The fourth-order valence-electron chi connectivity index (χ4n) is 1.68. The number of carboxylic acid groups (broad SMARTS) is 1. The highest BCUT2D eigenvalue weighted by Gasteiger charge is 2.11. The summed E-state index contributed by atoms with van der Waals surface area (Å²) in [4.78, 5) is 12.2. The number of thiophene rings is 1. The number of halogens is 1. The number of aromatic carboxylic acids is 1. The molecule has 1 heterocycles. The zero-order valence-corrected chi connectivity index (χ0v) is 11.0. The van der Waals surface area contributed by atoms with Crippen LogP contribution in [0.15, 0.2) is 35.7 Å². The molecule has 2 rings (SSSR count). The minimum atomic E-state index is -1.14. The van der Waals surface area contributed by atoms with Crippen molar-refractivity contribution in [3.8, 4) is 0 Å². The molecule has 19 heavy (non-hydrogen) atoms. The Kier molecular flexibility index (Phi) is 4.65. The van der Waals surface area contributed by atoms with Crippen LogP contribution in [0.4, 0.5) is 4.39 Å². The van der Waals surface area contributed by atoms with Crippen molar-refractivity contribution in [3.63, 3.8) is 0 Å². The molecule has 0 fully saturated rings. The molecular formula is C14H13FO3S. The maximum Gasteiger partial charge on any atom is 0.336 e. The molecule has 0 saturated carbocycles. The molecule has 0 radical (unpaired) electrons. The van der Waals surface area contributed by atoms with Crippen LogP contribution in [0.1, 0.15) is 20.8 Å². The molecule has 1 N–H and O–H groups in total. The molecule has 0 unspecified atom stereocenters. The number of carbonyl (C=O) groups is 1. The normalized spacial score (nSPS) is 10.6. The molecule has 3 nitrogen and oxygen atoms in total. The monoisotopic (exact) mass is 280 g/mol. The second-order valence-electron chi connectivity index (χ2n) is 3.99. The van der Waals surface area contributed by atoms with E-state index in [0.717, 1.165) is 12.5 Å². The molecule has 1 aromatic carbocycles. The smallest absolute Gasteiger partial charge is 0.336 e. The summed E-state index contributed by atoms with van der Waals surface area (Å²) >= 11 is 1.66. The molecule has 0 amide bonds. The SMILES string of the molecule is O=C(O)c1cc(F)ccc1COCCc1cccs1. The minimum absolute atomic E-state index is 0.0453. The van der Waals surface area contributed by atoms with Gasteiger partial charge in [-0.3, -0.25) is 0 Å². The van der Waals surface area contributed by atoms with Gasteiger partial charge < -0.3 is 9.84 Å². The molecular weight excluding hydrogens is 267 g/mol. The van der Waals surface area contributed by atoms with E-state index in [1.165, 1.54) is 17.0 Å². The van der Waals surface area contributed by atoms with Crippen molar-refractivity contribution in [1.29, 1.82) is 0 Å². The highest BCUT2D eigenvalue weighted by molar-refractivity contribution is 7.09. The number of benzene rings is 1. The summed E-state index contributed by atoms with van der Waals surface area (Å²) in [6.07, 6.45) is 0.793. The summed E-state index contributed by atoms with van der Waals surface area (Å²) < 4.78 is 18.4. The van der Waals surface area contributed by atoms with Gasteiger partial charge in [-0.1, -0.05) is 12.1 Å². The summed E-state index contributed by atoms with van der Waals surface area (Å²) in [6.45, 7) is 0.685. The average Bonchev–Trinajstić information content (AvgIpc) is 2.89. The lowest BCUT2D eigenvalue weighted by Crippen LogP contribution is -2.06. The van der Waals surface area contributed by atoms with E-state index in [0.29, 0.717) is 12.2 Å². The molecule has 0 spiro atoms. The third-order valence-corrected chi connectivity index (χ3v) is 3.57. The van der Waals surface area contributed by atoms with Crippen molar-refractivity contribution in [2.45, 2.75) is 13.0 Å². The van der Waals surface area contributed by atoms with Crippen LogP contribution >= 0.6 is 11.3 Å². The van der Waals surface area contributed by atoms with Crippen molar-refractivity contribution in [2.24, 2.45) is 0 Å². The van der Waals surface area contributed by atoms with Crippen LogP contribution in [0.2, 0.25) is 0 Å². The molecule has 2 aromatic rings. The predicted molar refractivity (Wildman–Crippen MR) is 71.0 cm³/mol. The zero-order chi connectivity index (χ0) is 13.7. The second-order valence-corrected chi connectivity index (χ2v) is 5.02. The quantitative estimate of drug-likeness (QED) is 0.825. The largest absolute Gasteiger partial charge is 0.478 e. The van der Waals surface area contributed by atoms with Crippen LogP contribution in [0.5, 0.6) is 0 Å². The van der Waals surface area contributed by atoms with Gasteiger partial charge in [-0.2, -0.15) is 0 Å². The lowest BCUT2D eigenvalue weighted by molar-refractivity contribution is 0.0687. The summed E-state index contributed by atoms with van der Waals surface area (Å²) in [5.41, 5.74) is 0.441. The second kappa shape index (κ2) is 6.45. The van der Waals surface area contributed by atoms with Crippen LogP contribution in [-0.2, 0) is 17.8 Å². The Balaban J connectivity index is 1.90. The highest BCUT2D eigenvalue weighted by atomic mass is 32.1. The Hall–Kier alpha value is -1.72. The van der Waals surface area contributed by atoms with Gasteiger partial charge in [-0.25, -0.2) is 9.18 Å². The van der Waals surface area contributed by atoms with E-state index >= 15 is 0 Å². The van der Waals surface area contributed by atoms with E-state index in [4.69, 9.17) is 9.84 Å². The predicted octanol–water partition coefficient (Wildman–Crippen LogP) is 3.34. The average molecular weight is 280 g/mol. The maximum atomic E-state index is 13.0. The standard InChI is InChI=1S/C14H13FO3S/c15-11-4-3-10(13(8-11)14(16)17)9-18-6-5-12-2-1-7-19-12/h1-4,7-8H,5-6,9H2,(H,16,17). The Morgan fingerprint density at radius 3 is 2.89 bits per heavy atom. The first-order valence-corrected chi connectivity index (χ1v) is 6.66. The minimum Gasteiger partial charge on any atom is -0.478 e. The van der Waals surface area contributed by atoms with E-state index in [-0.39, 0.29) is 12.2 Å². The lowest BCUT2D eigenvalue weighted by atomic mass is 10.1. The summed E-state index contributed by atoms with van der Waals surface area (Å²) in [5.74, 6) is -1.70. The number of carboxylic acids is 1. The van der Waals surface area contributed by atoms with Gasteiger partial charge in [0.25, 0.3) is 0 Å². The molecule has 0 aliphatic rings. The Bertz CT molecular complexity index is 552. The molecule has 0 aliphatic carbocycles. The Morgan fingerprint density at radius 1 is 1.37 bits per heavy atom. The van der Waals surface area contributed by atoms with Gasteiger partial charge in [0.15, 0.2) is 0 Å². The topological polar surface area (TPSA) is 46.5 Å². The van der Waals surface area contributed by atoms with Gasteiger partial charge in [0.2, 0.25) is 0 Å². The first-order chi connectivity index (χ1) is 9.16. The number of ether oxygens (including phenoxy) is 1. The van der Waals surface area contributed by atoms with E-state index in [1.807, 2.05) is 17.5 Å². The summed E-state index contributed by atoms with van der Waals surface area (Å²) in [7, 11) is 0. The third kappa shape index (κ3) is 3.87. The molecule has 5 heteroatoms. The zero-order valence-electron chi connectivity index (χ0n) is 10.1. The van der Waals surface area contributed by atoms with E-state index in [2.05, 4.69) is 0 Å². The van der Waals surface area contributed by atoms with Crippen molar-refractivity contribution >= 4 is 17.3 Å². The van der Waals surface area contributed by atoms with Crippen LogP contribution in [-0.4, -0.2) is 17.7 Å².